The van der Waals surface area contributed by atoms with E-state index >= 15 is 8.78 Å². The monoisotopic (exact) mass is 469 g/mol. The number of anilines is 1. The lowest BCUT2D eigenvalue weighted by Crippen LogP contribution is -2.44. The number of hydrogen-bond acceptors (Lipinski definition) is 4. The molecule has 0 fully saturated rings. The Morgan fingerprint density at radius 1 is 1.03 bits per heavy atom. The zero-order chi connectivity index (χ0) is 24.8. The average Bonchev–Trinajstić information content (AvgIpc) is 3.05. The Hall–Kier alpha value is -3.26. The van der Waals surface area contributed by atoms with Crippen molar-refractivity contribution < 1.29 is 22.8 Å². The fourth-order valence-electron chi connectivity index (χ4n) is 4.43. The molecule has 0 saturated carbocycles. The Kier molecular flexibility index (Phi) is 6.20. The quantitative estimate of drug-likeness (QED) is 0.448. The van der Waals surface area contributed by atoms with Crippen LogP contribution in [0, 0.1) is 0 Å². The predicted molar refractivity (Wildman–Crippen MR) is 123 cm³/mol. The van der Waals surface area contributed by atoms with Crippen molar-refractivity contribution >= 4 is 17.5 Å². The van der Waals surface area contributed by atoms with Crippen LogP contribution in [0.3, 0.4) is 0 Å². The van der Waals surface area contributed by atoms with Crippen LogP contribution in [0.5, 0.6) is 0 Å². The fourth-order valence-corrected chi connectivity index (χ4v) is 4.43. The average molecular weight is 470 g/mol. The molecule has 2 aromatic rings. The van der Waals surface area contributed by atoms with Crippen LogP contribution in [0.15, 0.2) is 65.5 Å². The van der Waals surface area contributed by atoms with E-state index in [2.05, 4.69) is 10.3 Å². The van der Waals surface area contributed by atoms with Gasteiger partial charge in [0.1, 0.15) is 0 Å². The number of hydrogen-bond donors (Lipinski definition) is 1. The van der Waals surface area contributed by atoms with E-state index < -0.39 is 41.3 Å². The highest BCUT2D eigenvalue weighted by molar-refractivity contribution is 6.35. The summed E-state index contributed by atoms with van der Waals surface area (Å²) in [6.45, 7) is 7.51. The zero-order valence-corrected chi connectivity index (χ0v) is 19.5. The molecular weight excluding hydrogens is 443 g/mol. The van der Waals surface area contributed by atoms with Gasteiger partial charge in [0, 0.05) is 30.9 Å². The van der Waals surface area contributed by atoms with Gasteiger partial charge >= 0.3 is 0 Å². The fraction of sp³-hybridized carbons (Fsp3) is 0.346. The number of carbonyl (C=O) groups excluding carboxylic acids is 2. The SMILES string of the molecule is CC(C)c1cccc(C(C)C)c1N1C(=O)C2=C(C1=O)C(F)=C(F)C(F)(NCc1cccnc1)C2. The van der Waals surface area contributed by atoms with Crippen LogP contribution < -0.4 is 10.2 Å². The summed E-state index contributed by atoms with van der Waals surface area (Å²) in [5.74, 6) is -8.25. The third kappa shape index (κ3) is 3.86. The van der Waals surface area contributed by atoms with Crippen molar-refractivity contribution in [1.82, 2.24) is 10.3 Å². The van der Waals surface area contributed by atoms with Gasteiger partial charge in [0.25, 0.3) is 11.8 Å². The minimum atomic E-state index is -2.97. The second-order valence-electron chi connectivity index (χ2n) is 9.21. The van der Waals surface area contributed by atoms with E-state index in [9.17, 15) is 14.0 Å². The molecule has 34 heavy (non-hydrogen) atoms. The number of pyridine rings is 1. The Morgan fingerprint density at radius 3 is 2.24 bits per heavy atom. The molecule has 1 atom stereocenters. The smallest absolute Gasteiger partial charge is 0.268 e. The summed E-state index contributed by atoms with van der Waals surface area (Å²) in [5.41, 5.74) is 1.27. The number of nitrogens with one attached hydrogen (secondary N) is 1. The molecule has 1 aromatic carbocycles. The van der Waals surface area contributed by atoms with Crippen molar-refractivity contribution in [1.29, 1.82) is 0 Å². The van der Waals surface area contributed by atoms with Gasteiger partial charge in [0.05, 0.1) is 11.3 Å². The third-order valence-corrected chi connectivity index (χ3v) is 6.22. The summed E-state index contributed by atoms with van der Waals surface area (Å²) < 4.78 is 45.8. The Morgan fingerprint density at radius 2 is 1.68 bits per heavy atom. The first kappa shape index (κ1) is 23.9. The molecule has 1 aliphatic heterocycles. The van der Waals surface area contributed by atoms with Gasteiger partial charge in [-0.05, 0) is 34.6 Å². The maximum absolute atomic E-state index is 15.7. The highest BCUT2D eigenvalue weighted by atomic mass is 19.2. The molecule has 0 bridgehead atoms. The predicted octanol–water partition coefficient (Wildman–Crippen LogP) is 5.51. The van der Waals surface area contributed by atoms with Crippen LogP contribution in [-0.2, 0) is 16.1 Å². The number of alkyl halides is 1. The highest BCUT2D eigenvalue weighted by Gasteiger charge is 2.53. The maximum Gasteiger partial charge on any atom is 0.268 e. The molecule has 4 rings (SSSR count). The van der Waals surface area contributed by atoms with Crippen molar-refractivity contribution in [3.05, 3.63) is 82.2 Å². The zero-order valence-electron chi connectivity index (χ0n) is 19.5. The van der Waals surface area contributed by atoms with Gasteiger partial charge in [-0.2, -0.15) is 0 Å². The molecule has 2 heterocycles. The third-order valence-electron chi connectivity index (χ3n) is 6.22. The van der Waals surface area contributed by atoms with Crippen LogP contribution in [0.25, 0.3) is 0 Å². The van der Waals surface area contributed by atoms with Gasteiger partial charge < -0.3 is 0 Å². The molecule has 2 amide bonds. The number of para-hydroxylation sites is 1. The second-order valence-corrected chi connectivity index (χ2v) is 9.21. The lowest BCUT2D eigenvalue weighted by atomic mass is 9.91. The summed E-state index contributed by atoms with van der Waals surface area (Å²) in [6, 6.07) is 8.71. The van der Waals surface area contributed by atoms with Gasteiger partial charge in [0.15, 0.2) is 11.7 Å². The molecule has 0 saturated heterocycles. The molecule has 178 valence electrons. The number of aromatic nitrogens is 1. The van der Waals surface area contributed by atoms with Gasteiger partial charge in [-0.25, -0.2) is 18.1 Å². The minimum Gasteiger partial charge on any atom is -0.275 e. The summed E-state index contributed by atoms with van der Waals surface area (Å²) in [7, 11) is 0. The topological polar surface area (TPSA) is 62.3 Å². The second kappa shape index (κ2) is 8.83. The molecule has 0 radical (unpaired) electrons. The van der Waals surface area contributed by atoms with E-state index in [1.807, 2.05) is 33.8 Å². The van der Waals surface area contributed by atoms with Crippen LogP contribution in [0.2, 0.25) is 0 Å². The van der Waals surface area contributed by atoms with Crippen LogP contribution in [0.4, 0.5) is 18.9 Å². The molecule has 0 spiro atoms. The Bertz CT molecular complexity index is 1190. The molecule has 8 heteroatoms. The van der Waals surface area contributed by atoms with Crippen LogP contribution >= 0.6 is 0 Å². The number of amides is 2. The van der Waals surface area contributed by atoms with E-state index in [1.165, 1.54) is 12.4 Å². The molecular formula is C26H26F3N3O2. The Labute approximate surface area is 196 Å². The van der Waals surface area contributed by atoms with E-state index in [1.54, 1.807) is 24.3 Å². The molecule has 1 aliphatic carbocycles. The van der Waals surface area contributed by atoms with Crippen LogP contribution in [-0.4, -0.2) is 22.6 Å². The molecule has 5 nitrogen and oxygen atoms in total. The normalized spacial score (nSPS) is 20.8. The van der Waals surface area contributed by atoms with Gasteiger partial charge in [-0.1, -0.05) is 52.0 Å². The van der Waals surface area contributed by atoms with Crippen molar-refractivity contribution in [3.8, 4) is 0 Å². The van der Waals surface area contributed by atoms with E-state index in [4.69, 9.17) is 0 Å². The first-order valence-electron chi connectivity index (χ1n) is 11.2. The van der Waals surface area contributed by atoms with Gasteiger partial charge in [-0.3, -0.25) is 19.9 Å². The van der Waals surface area contributed by atoms with E-state index in [0.29, 0.717) is 11.3 Å². The summed E-state index contributed by atoms with van der Waals surface area (Å²) in [5, 5.41) is 2.36. The number of rotatable bonds is 6. The van der Waals surface area contributed by atoms with Gasteiger partial charge in [-0.15, -0.1) is 0 Å². The summed E-state index contributed by atoms with van der Waals surface area (Å²) >= 11 is 0. The Balaban J connectivity index is 1.74. The van der Waals surface area contributed by atoms with Crippen molar-refractivity contribution in [2.45, 2.75) is 58.3 Å². The largest absolute Gasteiger partial charge is 0.275 e. The van der Waals surface area contributed by atoms with E-state index in [-0.39, 0.29) is 24.0 Å². The molecule has 1 aromatic heterocycles. The molecule has 1 unspecified atom stereocenters. The van der Waals surface area contributed by atoms with Crippen molar-refractivity contribution in [3.63, 3.8) is 0 Å². The number of benzene rings is 1. The first-order chi connectivity index (χ1) is 16.1. The summed E-state index contributed by atoms with van der Waals surface area (Å²) in [6.07, 6.45) is 2.19. The first-order valence-corrected chi connectivity index (χ1v) is 11.2. The lowest BCUT2D eigenvalue weighted by Gasteiger charge is -2.28. The standard InChI is InChI=1S/C26H26F3N3O2/c1-14(2)17-8-5-9-18(15(3)4)22(17)32-24(33)19-11-26(29,23(28)21(27)20(19)25(32)34)31-13-16-7-6-10-30-12-16/h5-10,12,14-15,31H,11,13H2,1-4H3. The number of carbonyl (C=O) groups is 2. The highest BCUT2D eigenvalue weighted by Crippen LogP contribution is 2.47. The maximum atomic E-state index is 15.7. The number of halogens is 3. The lowest BCUT2D eigenvalue weighted by molar-refractivity contribution is -0.120. The van der Waals surface area contributed by atoms with Gasteiger partial charge in [0.2, 0.25) is 5.79 Å². The number of nitrogens with zero attached hydrogens (tertiary/aromatic N) is 2. The van der Waals surface area contributed by atoms with Crippen molar-refractivity contribution in [2.75, 3.05) is 4.90 Å². The molecule has 1 N–H and O–H groups in total. The summed E-state index contributed by atoms with van der Waals surface area (Å²) in [4.78, 5) is 31.5. The minimum absolute atomic E-state index is 0.0505. The molecule has 2 aliphatic rings. The van der Waals surface area contributed by atoms with Crippen LogP contribution in [0.1, 0.15) is 62.6 Å². The van der Waals surface area contributed by atoms with Crippen molar-refractivity contribution in [2.24, 2.45) is 0 Å². The van der Waals surface area contributed by atoms with E-state index in [0.717, 1.165) is 16.0 Å². The number of imide groups is 1.